The maximum Gasteiger partial charge on any atom is 0.239 e. The van der Waals surface area contributed by atoms with Gasteiger partial charge in [-0.2, -0.15) is 4.31 Å². The highest BCUT2D eigenvalue weighted by Crippen LogP contribution is 2.25. The molecule has 2 heterocycles. The number of nitrogens with zero attached hydrogens (tertiary/aromatic N) is 3. The highest BCUT2D eigenvalue weighted by Gasteiger charge is 2.16. The molecule has 2 aromatic heterocycles. The third-order valence-electron chi connectivity index (χ3n) is 4.10. The molecule has 136 valence electrons. The summed E-state index contributed by atoms with van der Waals surface area (Å²) in [5.74, 6) is -0.395. The Bertz CT molecular complexity index is 1040. The summed E-state index contributed by atoms with van der Waals surface area (Å²) in [4.78, 5) is 16.7. The molecule has 0 unspecified atom stereocenters. The molecule has 7 nitrogen and oxygen atoms in total. The second-order valence-corrected chi connectivity index (χ2v) is 8.28. The monoisotopic (exact) mass is 372 g/mol. The van der Waals surface area contributed by atoms with E-state index in [4.69, 9.17) is 0 Å². The van der Waals surface area contributed by atoms with Crippen LogP contribution in [0.5, 0.6) is 0 Å². The van der Waals surface area contributed by atoms with E-state index in [1.54, 1.807) is 0 Å². The molecule has 0 saturated heterocycles. The van der Waals surface area contributed by atoms with Crippen molar-refractivity contribution >= 4 is 27.3 Å². The fourth-order valence-electron chi connectivity index (χ4n) is 2.50. The Hall–Kier alpha value is -2.71. The van der Waals surface area contributed by atoms with E-state index in [-0.39, 0.29) is 6.54 Å². The summed E-state index contributed by atoms with van der Waals surface area (Å²) >= 11 is 0. The summed E-state index contributed by atoms with van der Waals surface area (Å²) < 4.78 is 25.8. The molecule has 3 rings (SSSR count). The molecule has 0 saturated carbocycles. The van der Waals surface area contributed by atoms with Crippen molar-refractivity contribution in [1.29, 1.82) is 0 Å². The zero-order chi connectivity index (χ0) is 18.9. The zero-order valence-corrected chi connectivity index (χ0v) is 15.6. The van der Waals surface area contributed by atoms with E-state index in [1.165, 1.54) is 7.05 Å². The molecule has 1 N–H and O–H groups in total. The highest BCUT2D eigenvalue weighted by molar-refractivity contribution is 7.88. The van der Waals surface area contributed by atoms with Crippen molar-refractivity contribution in [3.63, 3.8) is 0 Å². The maximum atomic E-state index is 12.2. The number of aryl methyl sites for hydroxylation is 1. The van der Waals surface area contributed by atoms with Crippen molar-refractivity contribution < 1.29 is 13.2 Å². The van der Waals surface area contributed by atoms with Crippen LogP contribution in [0.4, 0.5) is 5.69 Å². The summed E-state index contributed by atoms with van der Waals surface area (Å²) in [6, 6.07) is 11.4. The Morgan fingerprint density at radius 2 is 2.04 bits per heavy atom. The molecule has 0 fully saturated rings. The third kappa shape index (κ3) is 3.92. The summed E-state index contributed by atoms with van der Waals surface area (Å²) in [5, 5.41) is 2.78. The number of aromatic nitrogens is 2. The number of sulfonamides is 1. The lowest BCUT2D eigenvalue weighted by atomic mass is 10.1. The normalized spacial score (nSPS) is 11.8. The first-order valence-corrected chi connectivity index (χ1v) is 9.85. The number of amides is 1. The number of hydrogen-bond acceptors (Lipinski definition) is 4. The number of carbonyl (C=O) groups excluding carboxylic acids is 1. The van der Waals surface area contributed by atoms with Gasteiger partial charge in [0.05, 0.1) is 18.5 Å². The predicted molar refractivity (Wildman–Crippen MR) is 101 cm³/mol. The van der Waals surface area contributed by atoms with Crippen molar-refractivity contribution in [1.82, 2.24) is 13.7 Å². The number of rotatable bonds is 5. The molecule has 26 heavy (non-hydrogen) atoms. The van der Waals surface area contributed by atoms with Gasteiger partial charge in [-0.05, 0) is 30.7 Å². The van der Waals surface area contributed by atoms with Gasteiger partial charge in [0.15, 0.2) is 0 Å². The lowest BCUT2D eigenvalue weighted by molar-refractivity contribution is -0.116. The lowest BCUT2D eigenvalue weighted by Crippen LogP contribution is -2.34. The van der Waals surface area contributed by atoms with Crippen LogP contribution >= 0.6 is 0 Å². The number of anilines is 1. The lowest BCUT2D eigenvalue weighted by Gasteiger charge is -2.15. The standard InChI is InChI=1S/C18H20N4O3S/c1-13-7-8-14(16-11-22-9-5-4-6-17(22)19-16)10-15(13)20-18(23)12-21(2)26(3,24)25/h4-11H,12H2,1-3H3,(H,20,23). The molecule has 8 heteroatoms. The van der Waals surface area contributed by atoms with Crippen LogP contribution in [0.3, 0.4) is 0 Å². The number of nitrogens with one attached hydrogen (secondary N) is 1. The third-order valence-corrected chi connectivity index (χ3v) is 5.37. The number of carbonyl (C=O) groups is 1. The van der Waals surface area contributed by atoms with Crippen LogP contribution in [-0.4, -0.2) is 47.9 Å². The zero-order valence-electron chi connectivity index (χ0n) is 14.8. The highest BCUT2D eigenvalue weighted by atomic mass is 32.2. The molecular weight excluding hydrogens is 352 g/mol. The summed E-state index contributed by atoms with van der Waals surface area (Å²) in [6.45, 7) is 1.64. The van der Waals surface area contributed by atoms with E-state index >= 15 is 0 Å². The van der Waals surface area contributed by atoms with Gasteiger partial charge in [-0.3, -0.25) is 4.79 Å². The largest absolute Gasteiger partial charge is 0.325 e. The van der Waals surface area contributed by atoms with Crippen LogP contribution in [0.1, 0.15) is 5.56 Å². The molecule has 0 aliphatic carbocycles. The van der Waals surface area contributed by atoms with Crippen LogP contribution in [0.15, 0.2) is 48.8 Å². The van der Waals surface area contributed by atoms with Crippen LogP contribution in [0, 0.1) is 6.92 Å². The minimum Gasteiger partial charge on any atom is -0.325 e. The average molecular weight is 372 g/mol. The second kappa shape index (κ2) is 6.89. The van der Waals surface area contributed by atoms with E-state index in [9.17, 15) is 13.2 Å². The molecule has 0 spiro atoms. The van der Waals surface area contributed by atoms with Gasteiger partial charge in [0.2, 0.25) is 15.9 Å². The molecule has 1 amide bonds. The predicted octanol–water partition coefficient (Wildman–Crippen LogP) is 2.14. The number of imidazole rings is 1. The van der Waals surface area contributed by atoms with Gasteiger partial charge < -0.3 is 9.72 Å². The average Bonchev–Trinajstić information content (AvgIpc) is 3.00. The van der Waals surface area contributed by atoms with Gasteiger partial charge in [-0.25, -0.2) is 13.4 Å². The molecular formula is C18H20N4O3S. The Kier molecular flexibility index (Phi) is 4.80. The second-order valence-electron chi connectivity index (χ2n) is 6.19. The van der Waals surface area contributed by atoms with Gasteiger partial charge >= 0.3 is 0 Å². The summed E-state index contributed by atoms with van der Waals surface area (Å²) in [6.07, 6.45) is 4.91. The quantitative estimate of drug-likeness (QED) is 0.744. The van der Waals surface area contributed by atoms with Gasteiger partial charge in [-0.1, -0.05) is 18.2 Å². The fraction of sp³-hybridized carbons (Fsp3) is 0.222. The number of fused-ring (bicyclic) bond motifs is 1. The SMILES string of the molecule is Cc1ccc(-c2cn3ccccc3n2)cc1NC(=O)CN(C)S(C)(=O)=O. The smallest absolute Gasteiger partial charge is 0.239 e. The van der Waals surface area contributed by atoms with Gasteiger partial charge in [0.25, 0.3) is 0 Å². The van der Waals surface area contributed by atoms with E-state index < -0.39 is 15.9 Å². The van der Waals surface area contributed by atoms with Crippen LogP contribution in [0.25, 0.3) is 16.9 Å². The van der Waals surface area contributed by atoms with Crippen LogP contribution in [0.2, 0.25) is 0 Å². The number of likely N-dealkylation sites (N-methyl/N-ethyl adjacent to an activating group) is 1. The molecule has 0 radical (unpaired) electrons. The minimum absolute atomic E-state index is 0.239. The topological polar surface area (TPSA) is 83.8 Å². The van der Waals surface area contributed by atoms with Crippen LogP contribution in [-0.2, 0) is 14.8 Å². The first kappa shape index (κ1) is 18.1. The maximum absolute atomic E-state index is 12.2. The van der Waals surface area contributed by atoms with Crippen molar-refractivity contribution in [2.45, 2.75) is 6.92 Å². The van der Waals surface area contributed by atoms with Gasteiger partial charge in [-0.15, -0.1) is 0 Å². The van der Waals surface area contributed by atoms with Gasteiger partial charge in [0.1, 0.15) is 5.65 Å². The minimum atomic E-state index is -3.41. The van der Waals surface area contributed by atoms with Crippen molar-refractivity contribution in [3.8, 4) is 11.3 Å². The molecule has 0 aliphatic heterocycles. The van der Waals surface area contributed by atoms with Crippen molar-refractivity contribution in [2.75, 3.05) is 25.2 Å². The van der Waals surface area contributed by atoms with E-state index in [1.807, 2.05) is 60.1 Å². The summed E-state index contributed by atoms with van der Waals surface area (Å²) in [5.41, 5.74) is 4.01. The summed E-state index contributed by atoms with van der Waals surface area (Å²) in [7, 11) is -2.04. The first-order chi connectivity index (χ1) is 12.2. The van der Waals surface area contributed by atoms with E-state index in [0.717, 1.165) is 33.0 Å². The molecule has 3 aromatic rings. The molecule has 1 aromatic carbocycles. The van der Waals surface area contributed by atoms with Gasteiger partial charge in [0, 0.05) is 30.7 Å². The van der Waals surface area contributed by atoms with Crippen molar-refractivity contribution in [2.24, 2.45) is 0 Å². The van der Waals surface area contributed by atoms with Crippen LogP contribution < -0.4 is 5.32 Å². The Morgan fingerprint density at radius 3 is 2.73 bits per heavy atom. The number of benzene rings is 1. The Labute approximate surface area is 152 Å². The Balaban J connectivity index is 1.85. The fourth-order valence-corrected chi connectivity index (χ4v) is 2.85. The van der Waals surface area contributed by atoms with E-state index in [0.29, 0.717) is 5.69 Å². The molecule has 0 bridgehead atoms. The molecule has 0 aliphatic rings. The number of pyridine rings is 1. The van der Waals surface area contributed by atoms with E-state index in [2.05, 4.69) is 10.3 Å². The Morgan fingerprint density at radius 1 is 1.27 bits per heavy atom. The number of hydrogen-bond donors (Lipinski definition) is 1. The first-order valence-electron chi connectivity index (χ1n) is 8.00. The molecule has 0 atom stereocenters. The van der Waals surface area contributed by atoms with Crippen molar-refractivity contribution in [3.05, 3.63) is 54.4 Å².